The van der Waals surface area contributed by atoms with E-state index in [1.807, 2.05) is 0 Å². The highest BCUT2D eigenvalue weighted by atomic mass is 32.1. The van der Waals surface area contributed by atoms with Gasteiger partial charge < -0.3 is 15.4 Å². The van der Waals surface area contributed by atoms with Crippen LogP contribution in [0.1, 0.15) is 24.8 Å². The van der Waals surface area contributed by atoms with Crippen molar-refractivity contribution in [2.45, 2.75) is 25.3 Å². The summed E-state index contributed by atoms with van der Waals surface area (Å²) in [4.78, 5) is 2.31. The van der Waals surface area contributed by atoms with Crippen molar-refractivity contribution < 1.29 is 9.13 Å². The van der Waals surface area contributed by atoms with E-state index in [4.69, 9.17) is 22.7 Å². The number of nitrogens with two attached hydrogens (primary N) is 1. The van der Waals surface area contributed by atoms with E-state index >= 15 is 0 Å². The van der Waals surface area contributed by atoms with Crippen LogP contribution >= 0.6 is 12.2 Å². The maximum atomic E-state index is 13.7. The molecule has 0 radical (unpaired) electrons. The summed E-state index contributed by atoms with van der Waals surface area (Å²) >= 11 is 4.88. The molecule has 0 aliphatic carbocycles. The van der Waals surface area contributed by atoms with Crippen LogP contribution in [0.25, 0.3) is 0 Å². The Morgan fingerprint density at radius 3 is 3.00 bits per heavy atom. The summed E-state index contributed by atoms with van der Waals surface area (Å²) < 4.78 is 19.4. The molecule has 3 nitrogen and oxygen atoms in total. The molecule has 1 aromatic rings. The van der Waals surface area contributed by atoms with E-state index in [2.05, 4.69) is 11.9 Å². The fourth-order valence-electron chi connectivity index (χ4n) is 2.40. The van der Waals surface area contributed by atoms with E-state index in [0.717, 1.165) is 13.0 Å². The summed E-state index contributed by atoms with van der Waals surface area (Å²) in [6.07, 6.45) is 3.54. The van der Waals surface area contributed by atoms with Gasteiger partial charge in [0.25, 0.3) is 0 Å². The van der Waals surface area contributed by atoms with Crippen LogP contribution in [-0.2, 0) is 0 Å². The summed E-state index contributed by atoms with van der Waals surface area (Å²) in [7, 11) is 2.09. The number of hydrogen-bond donors (Lipinski definition) is 1. The van der Waals surface area contributed by atoms with Crippen molar-refractivity contribution in [1.29, 1.82) is 0 Å². The van der Waals surface area contributed by atoms with E-state index in [1.54, 1.807) is 12.1 Å². The lowest BCUT2D eigenvalue weighted by molar-refractivity contribution is 0.125. The van der Waals surface area contributed by atoms with Crippen molar-refractivity contribution in [3.8, 4) is 5.75 Å². The number of likely N-dealkylation sites (N-methyl/N-ethyl adjacent to an activating group) is 1. The van der Waals surface area contributed by atoms with Gasteiger partial charge in [-0.05, 0) is 38.6 Å². The smallest absolute Gasteiger partial charge is 0.137 e. The summed E-state index contributed by atoms with van der Waals surface area (Å²) in [5.74, 6) is 0.00784. The van der Waals surface area contributed by atoms with Crippen molar-refractivity contribution in [3.63, 3.8) is 0 Å². The number of benzene rings is 1. The standard InChI is InChI=1S/C14H19FN2OS/c1-17-8-3-2-5-10(17)9-18-12-7-4-6-11(15)13(12)14(16)19/h4,6-7,10H,2-3,5,8-9H2,1H3,(H2,16,19). The van der Waals surface area contributed by atoms with Gasteiger partial charge in [0.15, 0.2) is 0 Å². The average molecular weight is 282 g/mol. The first-order valence-corrected chi connectivity index (χ1v) is 6.91. The topological polar surface area (TPSA) is 38.5 Å². The van der Waals surface area contributed by atoms with Crippen LogP contribution in [0.5, 0.6) is 5.75 Å². The molecule has 5 heteroatoms. The molecule has 1 atom stereocenters. The molecule has 1 saturated heterocycles. The molecule has 0 aromatic heterocycles. The van der Waals surface area contributed by atoms with Crippen LogP contribution in [-0.4, -0.2) is 36.1 Å². The Kier molecular flexibility index (Phi) is 4.71. The molecule has 0 bridgehead atoms. The Morgan fingerprint density at radius 2 is 2.32 bits per heavy atom. The van der Waals surface area contributed by atoms with Gasteiger partial charge in [-0.3, -0.25) is 0 Å². The number of rotatable bonds is 4. The predicted octanol–water partition coefficient (Wildman–Crippen LogP) is 2.32. The first kappa shape index (κ1) is 14.2. The number of likely N-dealkylation sites (tertiary alicyclic amines) is 1. The van der Waals surface area contributed by atoms with E-state index in [-0.39, 0.29) is 10.6 Å². The zero-order valence-corrected chi connectivity index (χ0v) is 11.9. The minimum atomic E-state index is -0.429. The molecule has 0 amide bonds. The highest BCUT2D eigenvalue weighted by molar-refractivity contribution is 7.80. The molecule has 1 aromatic carbocycles. The minimum absolute atomic E-state index is 0.0325. The monoisotopic (exact) mass is 282 g/mol. The van der Waals surface area contributed by atoms with E-state index in [0.29, 0.717) is 18.4 Å². The molecule has 0 spiro atoms. The van der Waals surface area contributed by atoms with Crippen LogP contribution in [0.4, 0.5) is 4.39 Å². The maximum absolute atomic E-state index is 13.7. The second kappa shape index (κ2) is 6.30. The predicted molar refractivity (Wildman–Crippen MR) is 78.1 cm³/mol. The Labute approximate surface area is 118 Å². The van der Waals surface area contributed by atoms with Gasteiger partial charge in [-0.25, -0.2) is 4.39 Å². The number of hydrogen-bond acceptors (Lipinski definition) is 3. The van der Waals surface area contributed by atoms with Crippen LogP contribution in [0.3, 0.4) is 0 Å². The highest BCUT2D eigenvalue weighted by Crippen LogP contribution is 2.23. The lowest BCUT2D eigenvalue weighted by atomic mass is 10.0. The van der Waals surface area contributed by atoms with Crippen molar-refractivity contribution in [3.05, 3.63) is 29.6 Å². The van der Waals surface area contributed by atoms with Crippen LogP contribution < -0.4 is 10.5 Å². The molecule has 104 valence electrons. The third-order valence-corrected chi connectivity index (χ3v) is 3.78. The molecular weight excluding hydrogens is 263 g/mol. The molecule has 1 aliphatic heterocycles. The van der Waals surface area contributed by atoms with Crippen molar-refractivity contribution in [2.24, 2.45) is 5.73 Å². The number of piperidine rings is 1. The largest absolute Gasteiger partial charge is 0.491 e. The first-order chi connectivity index (χ1) is 9.09. The molecule has 2 rings (SSSR count). The van der Waals surface area contributed by atoms with E-state index < -0.39 is 5.82 Å². The molecule has 1 heterocycles. The van der Waals surface area contributed by atoms with Gasteiger partial charge in [-0.15, -0.1) is 0 Å². The molecule has 1 aliphatic rings. The van der Waals surface area contributed by atoms with E-state index in [1.165, 1.54) is 18.9 Å². The SMILES string of the molecule is CN1CCCCC1COc1cccc(F)c1C(N)=S. The first-order valence-electron chi connectivity index (χ1n) is 6.51. The summed E-state index contributed by atoms with van der Waals surface area (Å²) in [6, 6.07) is 5.03. The van der Waals surface area contributed by atoms with Gasteiger partial charge in [-0.1, -0.05) is 24.7 Å². The highest BCUT2D eigenvalue weighted by Gasteiger charge is 2.20. The Balaban J connectivity index is 2.07. The average Bonchev–Trinajstić information content (AvgIpc) is 2.37. The Hall–Kier alpha value is -1.20. The third kappa shape index (κ3) is 3.42. The van der Waals surface area contributed by atoms with Gasteiger partial charge in [0.1, 0.15) is 23.2 Å². The normalized spacial score (nSPS) is 20.2. The molecule has 2 N–H and O–H groups in total. The Morgan fingerprint density at radius 1 is 1.53 bits per heavy atom. The quantitative estimate of drug-likeness (QED) is 0.860. The van der Waals surface area contributed by atoms with Crippen LogP contribution in [0, 0.1) is 5.82 Å². The second-order valence-electron chi connectivity index (χ2n) is 4.92. The van der Waals surface area contributed by atoms with Crippen LogP contribution in [0.2, 0.25) is 0 Å². The molecular formula is C14H19FN2OS. The zero-order chi connectivity index (χ0) is 13.8. The Bertz CT molecular complexity index is 467. The number of halogens is 1. The van der Waals surface area contributed by atoms with Gasteiger partial charge in [-0.2, -0.15) is 0 Å². The van der Waals surface area contributed by atoms with Gasteiger partial charge in [0, 0.05) is 6.04 Å². The zero-order valence-electron chi connectivity index (χ0n) is 11.1. The van der Waals surface area contributed by atoms with Crippen molar-refractivity contribution >= 4 is 17.2 Å². The third-order valence-electron chi connectivity index (χ3n) is 3.57. The lowest BCUT2D eigenvalue weighted by Gasteiger charge is -2.32. The maximum Gasteiger partial charge on any atom is 0.137 e. The van der Waals surface area contributed by atoms with Crippen molar-refractivity contribution in [1.82, 2.24) is 4.90 Å². The second-order valence-corrected chi connectivity index (χ2v) is 5.36. The van der Waals surface area contributed by atoms with Crippen molar-refractivity contribution in [2.75, 3.05) is 20.2 Å². The van der Waals surface area contributed by atoms with Gasteiger partial charge in [0.2, 0.25) is 0 Å². The number of ether oxygens (including phenoxy) is 1. The summed E-state index contributed by atoms with van der Waals surface area (Å²) in [6.45, 7) is 1.62. The minimum Gasteiger partial charge on any atom is -0.491 e. The number of nitrogens with zero attached hydrogens (tertiary/aromatic N) is 1. The van der Waals surface area contributed by atoms with Crippen LogP contribution in [0.15, 0.2) is 18.2 Å². The van der Waals surface area contributed by atoms with Gasteiger partial charge in [0.05, 0.1) is 5.56 Å². The summed E-state index contributed by atoms with van der Waals surface area (Å²) in [5.41, 5.74) is 5.76. The van der Waals surface area contributed by atoms with E-state index in [9.17, 15) is 4.39 Å². The van der Waals surface area contributed by atoms with Gasteiger partial charge >= 0.3 is 0 Å². The number of thiocarbonyl (C=S) groups is 1. The fraction of sp³-hybridized carbons (Fsp3) is 0.500. The molecule has 1 fully saturated rings. The fourth-order valence-corrected chi connectivity index (χ4v) is 2.60. The molecule has 19 heavy (non-hydrogen) atoms. The summed E-state index contributed by atoms with van der Waals surface area (Å²) in [5, 5.41) is 0. The molecule has 1 unspecified atom stereocenters. The molecule has 0 saturated carbocycles. The lowest BCUT2D eigenvalue weighted by Crippen LogP contribution is -2.40.